The largest absolute Gasteiger partial charge is 0.355 e. The molecule has 0 aromatic rings. The maximum atomic E-state index is 13.5. The van der Waals surface area contributed by atoms with E-state index in [4.69, 9.17) is 0 Å². The fourth-order valence-corrected chi connectivity index (χ4v) is 5.12. The topological polar surface area (TPSA) is 92.3 Å². The number of hydrogen-bond donors (Lipinski definition) is 2. The lowest BCUT2D eigenvalue weighted by atomic mass is 9.66. The molecule has 2 amide bonds. The smallest absolute Gasteiger partial charge is 0.220 e. The predicted molar refractivity (Wildman–Crippen MR) is 144 cm³/mol. The predicted octanol–water partition coefficient (Wildman–Crippen LogP) is 4.59. The van der Waals surface area contributed by atoms with Gasteiger partial charge in [0.15, 0.2) is 11.6 Å². The summed E-state index contributed by atoms with van der Waals surface area (Å²) >= 11 is 3.02. The Hall–Kier alpha value is -2.06. The molecule has 8 heteroatoms. The van der Waals surface area contributed by atoms with Crippen LogP contribution in [0.1, 0.15) is 54.4 Å². The van der Waals surface area contributed by atoms with Gasteiger partial charge in [0.1, 0.15) is 0 Å². The summed E-state index contributed by atoms with van der Waals surface area (Å²) in [6.45, 7) is 18.8. The van der Waals surface area contributed by atoms with Crippen molar-refractivity contribution in [3.05, 3.63) is 46.3 Å². The van der Waals surface area contributed by atoms with Crippen LogP contribution >= 0.6 is 23.5 Å². The highest BCUT2D eigenvalue weighted by molar-refractivity contribution is 8.02. The molecule has 0 bridgehead atoms. The monoisotopic (exact) mass is 506 g/mol. The maximum Gasteiger partial charge on any atom is 0.220 e. The van der Waals surface area contributed by atoms with Crippen LogP contribution in [-0.4, -0.2) is 48.0 Å². The van der Waals surface area contributed by atoms with Crippen molar-refractivity contribution in [1.29, 1.82) is 0 Å². The molecule has 1 rings (SSSR count). The Kier molecular flexibility index (Phi) is 11.6. The Morgan fingerprint density at radius 3 is 1.38 bits per heavy atom. The molecule has 0 spiro atoms. The van der Waals surface area contributed by atoms with Gasteiger partial charge in [-0.2, -0.15) is 0 Å². The normalized spacial score (nSPS) is 14.9. The molecule has 0 atom stereocenters. The molecule has 0 unspecified atom stereocenters. The molecule has 0 aliphatic heterocycles. The van der Waals surface area contributed by atoms with Gasteiger partial charge in [-0.25, -0.2) is 0 Å². The van der Waals surface area contributed by atoms with Gasteiger partial charge >= 0.3 is 0 Å². The van der Waals surface area contributed by atoms with Crippen molar-refractivity contribution >= 4 is 46.9 Å². The van der Waals surface area contributed by atoms with Crippen LogP contribution in [0.25, 0.3) is 0 Å². The quantitative estimate of drug-likeness (QED) is 0.264. The van der Waals surface area contributed by atoms with Gasteiger partial charge in [0.25, 0.3) is 0 Å². The van der Waals surface area contributed by atoms with E-state index < -0.39 is 10.8 Å². The molecule has 0 heterocycles. The van der Waals surface area contributed by atoms with Gasteiger partial charge in [0, 0.05) is 70.6 Å². The molecule has 0 saturated heterocycles. The van der Waals surface area contributed by atoms with Gasteiger partial charge in [-0.3, -0.25) is 19.2 Å². The van der Waals surface area contributed by atoms with E-state index in [2.05, 4.69) is 23.8 Å². The summed E-state index contributed by atoms with van der Waals surface area (Å²) in [6, 6.07) is 0. The second-order valence-corrected chi connectivity index (χ2v) is 11.7. The summed E-state index contributed by atoms with van der Waals surface area (Å²) in [4.78, 5) is 51.9. The lowest BCUT2D eigenvalue weighted by molar-refractivity contribution is -0.124. The first-order chi connectivity index (χ1) is 15.8. The molecular weight excluding hydrogens is 468 g/mol. The van der Waals surface area contributed by atoms with E-state index >= 15 is 0 Å². The van der Waals surface area contributed by atoms with Gasteiger partial charge in [-0.15, -0.1) is 23.5 Å². The third kappa shape index (κ3) is 8.01. The zero-order valence-corrected chi connectivity index (χ0v) is 22.9. The zero-order valence-electron chi connectivity index (χ0n) is 21.3. The van der Waals surface area contributed by atoms with E-state index in [-0.39, 0.29) is 36.2 Å². The van der Waals surface area contributed by atoms with Crippen molar-refractivity contribution in [2.45, 2.75) is 54.4 Å². The fourth-order valence-electron chi connectivity index (χ4n) is 4.34. The van der Waals surface area contributed by atoms with Gasteiger partial charge in [0.2, 0.25) is 11.8 Å². The first-order valence-corrected chi connectivity index (χ1v) is 13.4. The fraction of sp³-hybridized carbons (Fsp3) is 0.538. The van der Waals surface area contributed by atoms with Crippen molar-refractivity contribution in [3.8, 4) is 0 Å². The highest BCUT2D eigenvalue weighted by Crippen LogP contribution is 2.44. The highest BCUT2D eigenvalue weighted by Gasteiger charge is 2.43. The lowest BCUT2D eigenvalue weighted by Crippen LogP contribution is -2.39. The molecule has 0 fully saturated rings. The van der Waals surface area contributed by atoms with Gasteiger partial charge in [-0.05, 0) is 24.7 Å². The number of hydrogen-bond acceptors (Lipinski definition) is 6. The van der Waals surface area contributed by atoms with Crippen molar-refractivity contribution in [2.75, 3.05) is 24.6 Å². The van der Waals surface area contributed by atoms with Crippen LogP contribution in [0.4, 0.5) is 0 Å². The lowest BCUT2D eigenvalue weighted by Gasteiger charge is -2.36. The van der Waals surface area contributed by atoms with Crippen LogP contribution in [0.2, 0.25) is 0 Å². The minimum absolute atomic E-state index is 0.0918. The third-order valence-electron chi connectivity index (χ3n) is 5.76. The third-order valence-corrected chi connectivity index (χ3v) is 7.11. The highest BCUT2D eigenvalue weighted by atomic mass is 32.2. The standard InChI is InChI=1S/C26H38N2O4S2/c1-9-33-13-11-27-19(29)15-25(5,6)21-17(3)24(32)22(18(4)23(21)31)26(7,8)16-20(30)28-12-14-34-10-2/h9-10H,1-2,11-16H2,3-8H3,(H,27,29)(H,28,30). The average Bonchev–Trinajstić information content (AvgIpc) is 2.72. The number of allylic oxidation sites excluding steroid dienone is 4. The van der Waals surface area contributed by atoms with Gasteiger partial charge < -0.3 is 10.6 Å². The minimum Gasteiger partial charge on any atom is -0.355 e. The van der Waals surface area contributed by atoms with Crippen molar-refractivity contribution in [1.82, 2.24) is 10.6 Å². The Morgan fingerprint density at radius 2 is 1.09 bits per heavy atom. The van der Waals surface area contributed by atoms with Crippen molar-refractivity contribution < 1.29 is 19.2 Å². The molecule has 0 aromatic heterocycles. The van der Waals surface area contributed by atoms with Crippen LogP contribution < -0.4 is 10.6 Å². The Morgan fingerprint density at radius 1 is 0.765 bits per heavy atom. The van der Waals surface area contributed by atoms with Crippen LogP contribution in [0.15, 0.2) is 46.3 Å². The van der Waals surface area contributed by atoms with Gasteiger partial charge in [-0.1, -0.05) is 40.9 Å². The number of nitrogens with one attached hydrogen (secondary N) is 2. The molecule has 188 valence electrons. The first-order valence-electron chi connectivity index (χ1n) is 11.3. The van der Waals surface area contributed by atoms with Crippen molar-refractivity contribution in [2.24, 2.45) is 10.8 Å². The van der Waals surface area contributed by atoms with E-state index in [1.54, 1.807) is 24.7 Å². The number of amides is 2. The Balaban J connectivity index is 3.06. The minimum atomic E-state index is -0.816. The number of carbonyl (C=O) groups excluding carboxylic acids is 4. The average molecular weight is 507 g/mol. The Bertz CT molecular complexity index is 840. The summed E-state index contributed by atoms with van der Waals surface area (Å²) in [6.07, 6.45) is 0.184. The molecule has 2 N–H and O–H groups in total. The van der Waals surface area contributed by atoms with E-state index in [0.717, 1.165) is 11.5 Å². The number of ketones is 2. The molecule has 0 radical (unpaired) electrons. The number of rotatable bonds is 14. The summed E-state index contributed by atoms with van der Waals surface area (Å²) in [7, 11) is 0. The summed E-state index contributed by atoms with van der Waals surface area (Å²) in [5, 5.41) is 9.15. The zero-order chi connectivity index (χ0) is 26.1. The number of thioether (sulfide) groups is 2. The SMILES string of the molecule is C=CSCCNC(=O)CC(C)(C)C1=C(C)C(=O)C(C(C)(C)CC(=O)NCCSC=C)=C(C)C1=O. The molecule has 6 nitrogen and oxygen atoms in total. The van der Waals surface area contributed by atoms with E-state index in [9.17, 15) is 19.2 Å². The van der Waals surface area contributed by atoms with E-state index in [1.165, 1.54) is 23.5 Å². The van der Waals surface area contributed by atoms with Crippen LogP contribution in [-0.2, 0) is 19.2 Å². The van der Waals surface area contributed by atoms with Crippen LogP contribution in [0.3, 0.4) is 0 Å². The number of carbonyl (C=O) groups is 4. The Labute approximate surface area is 212 Å². The summed E-state index contributed by atoms with van der Waals surface area (Å²) in [5.74, 6) is 0.625. The summed E-state index contributed by atoms with van der Waals surface area (Å²) in [5.41, 5.74) is -0.192. The van der Waals surface area contributed by atoms with Crippen molar-refractivity contribution in [3.63, 3.8) is 0 Å². The summed E-state index contributed by atoms with van der Waals surface area (Å²) < 4.78 is 0. The van der Waals surface area contributed by atoms with E-state index in [1.807, 2.05) is 27.7 Å². The second-order valence-electron chi connectivity index (χ2n) is 9.55. The van der Waals surface area contributed by atoms with Gasteiger partial charge in [0.05, 0.1) is 0 Å². The molecular formula is C26H38N2O4S2. The molecule has 1 aliphatic carbocycles. The van der Waals surface area contributed by atoms with Crippen LogP contribution in [0.5, 0.6) is 0 Å². The van der Waals surface area contributed by atoms with E-state index in [0.29, 0.717) is 35.4 Å². The van der Waals surface area contributed by atoms with Crippen LogP contribution in [0, 0.1) is 10.8 Å². The molecule has 1 aliphatic rings. The first kappa shape index (κ1) is 30.0. The molecule has 0 aromatic carbocycles. The number of Topliss-reactive ketones (excluding diaryl/α,β-unsaturated/α-hetero) is 2. The molecule has 0 saturated carbocycles. The second kappa shape index (κ2) is 13.1. The maximum absolute atomic E-state index is 13.5. The molecule has 34 heavy (non-hydrogen) atoms.